The Morgan fingerprint density at radius 2 is 2.16 bits per heavy atom. The third-order valence-electron chi connectivity index (χ3n) is 2.42. The Hall–Kier alpha value is -2.60. The number of pyridine rings is 1. The van der Waals surface area contributed by atoms with Crippen molar-refractivity contribution in [2.24, 2.45) is 0 Å². The highest BCUT2D eigenvalue weighted by Gasteiger charge is 2.09. The number of ether oxygens (including phenoxy) is 1. The van der Waals surface area contributed by atoms with Gasteiger partial charge in [-0.2, -0.15) is 0 Å². The van der Waals surface area contributed by atoms with Crippen LogP contribution in [0.25, 0.3) is 0 Å². The number of anilines is 1. The second-order valence-electron chi connectivity index (χ2n) is 3.83. The fourth-order valence-corrected chi connectivity index (χ4v) is 1.49. The number of aromatic carboxylic acids is 1. The van der Waals surface area contributed by atoms with Gasteiger partial charge in [-0.25, -0.2) is 9.78 Å². The van der Waals surface area contributed by atoms with Crippen LogP contribution in [0.4, 0.5) is 5.69 Å². The molecular weight excluding hydrogens is 248 g/mol. The zero-order chi connectivity index (χ0) is 13.8. The maximum absolute atomic E-state index is 10.7. The zero-order valence-corrected chi connectivity index (χ0v) is 9.91. The Bertz CT molecular complexity index is 613. The Kier molecular flexibility index (Phi) is 3.63. The number of rotatable bonds is 4. The van der Waals surface area contributed by atoms with E-state index in [-0.39, 0.29) is 23.7 Å². The number of aliphatic hydroxyl groups is 1. The number of carbonyl (C=O) groups is 1. The van der Waals surface area contributed by atoms with Gasteiger partial charge in [0.2, 0.25) is 5.88 Å². The highest BCUT2D eigenvalue weighted by Crippen LogP contribution is 2.26. The van der Waals surface area contributed by atoms with Crippen LogP contribution in [0.15, 0.2) is 36.5 Å². The van der Waals surface area contributed by atoms with E-state index in [4.69, 9.17) is 20.7 Å². The minimum Gasteiger partial charge on any atom is -0.478 e. The van der Waals surface area contributed by atoms with Crippen molar-refractivity contribution >= 4 is 11.7 Å². The molecule has 0 atom stereocenters. The maximum Gasteiger partial charge on any atom is 0.337 e. The van der Waals surface area contributed by atoms with Gasteiger partial charge in [0.25, 0.3) is 0 Å². The highest BCUT2D eigenvalue weighted by molar-refractivity contribution is 5.88. The SMILES string of the molecule is Nc1cc(C(=O)O)cnc1Oc1cccc(CO)c1. The summed E-state index contributed by atoms with van der Waals surface area (Å²) in [6.45, 7) is -0.0991. The molecule has 1 aromatic carbocycles. The molecule has 1 aromatic heterocycles. The molecule has 1 heterocycles. The summed E-state index contributed by atoms with van der Waals surface area (Å²) < 4.78 is 5.45. The number of nitrogens with zero attached hydrogens (tertiary/aromatic N) is 1. The van der Waals surface area contributed by atoms with Crippen LogP contribution >= 0.6 is 0 Å². The van der Waals surface area contributed by atoms with Crippen molar-refractivity contribution in [2.45, 2.75) is 6.61 Å². The number of carboxylic acids is 1. The van der Waals surface area contributed by atoms with Crippen LogP contribution in [0.1, 0.15) is 15.9 Å². The van der Waals surface area contributed by atoms with Crippen molar-refractivity contribution in [3.63, 3.8) is 0 Å². The van der Waals surface area contributed by atoms with Crippen molar-refractivity contribution in [3.8, 4) is 11.6 Å². The minimum atomic E-state index is -1.10. The monoisotopic (exact) mass is 260 g/mol. The van der Waals surface area contributed by atoms with Crippen LogP contribution in [-0.2, 0) is 6.61 Å². The quantitative estimate of drug-likeness (QED) is 0.771. The van der Waals surface area contributed by atoms with Crippen molar-refractivity contribution in [1.82, 2.24) is 4.98 Å². The van der Waals surface area contributed by atoms with Gasteiger partial charge in [0.1, 0.15) is 5.75 Å². The lowest BCUT2D eigenvalue weighted by Gasteiger charge is -2.08. The predicted molar refractivity (Wildman–Crippen MR) is 68.0 cm³/mol. The largest absolute Gasteiger partial charge is 0.478 e. The molecule has 0 saturated carbocycles. The smallest absolute Gasteiger partial charge is 0.337 e. The summed E-state index contributed by atoms with van der Waals surface area (Å²) in [7, 11) is 0. The molecule has 6 nitrogen and oxygen atoms in total. The van der Waals surface area contributed by atoms with Gasteiger partial charge in [-0.05, 0) is 23.8 Å². The third kappa shape index (κ3) is 2.99. The first-order valence-electron chi connectivity index (χ1n) is 5.46. The first-order chi connectivity index (χ1) is 9.10. The number of carboxylic acid groups (broad SMARTS) is 1. The first kappa shape index (κ1) is 12.8. The van der Waals surface area contributed by atoms with Gasteiger partial charge < -0.3 is 20.7 Å². The van der Waals surface area contributed by atoms with E-state index in [0.29, 0.717) is 11.3 Å². The summed E-state index contributed by atoms with van der Waals surface area (Å²) in [6, 6.07) is 8.08. The van der Waals surface area contributed by atoms with E-state index in [1.54, 1.807) is 24.3 Å². The number of hydrogen-bond donors (Lipinski definition) is 3. The van der Waals surface area contributed by atoms with Crippen LogP contribution < -0.4 is 10.5 Å². The molecule has 4 N–H and O–H groups in total. The molecule has 0 aliphatic rings. The molecule has 0 bridgehead atoms. The number of nitrogen functional groups attached to an aromatic ring is 1. The lowest BCUT2D eigenvalue weighted by Crippen LogP contribution is -2.01. The zero-order valence-electron chi connectivity index (χ0n) is 9.91. The molecule has 0 saturated heterocycles. The van der Waals surface area contributed by atoms with Crippen molar-refractivity contribution in [3.05, 3.63) is 47.7 Å². The predicted octanol–water partition coefficient (Wildman–Crippen LogP) is 1.65. The lowest BCUT2D eigenvalue weighted by atomic mass is 10.2. The van der Waals surface area contributed by atoms with Crippen LogP contribution in [0.3, 0.4) is 0 Å². The van der Waals surface area contributed by atoms with Gasteiger partial charge in [-0.1, -0.05) is 12.1 Å². The second-order valence-corrected chi connectivity index (χ2v) is 3.83. The second kappa shape index (κ2) is 5.36. The maximum atomic E-state index is 10.7. The van der Waals surface area contributed by atoms with E-state index in [9.17, 15) is 4.79 Å². The summed E-state index contributed by atoms with van der Waals surface area (Å²) in [5.74, 6) is -0.512. The minimum absolute atomic E-state index is 0.00559. The molecule has 0 fully saturated rings. The van der Waals surface area contributed by atoms with E-state index in [1.807, 2.05) is 0 Å². The molecule has 98 valence electrons. The Balaban J connectivity index is 2.25. The average Bonchev–Trinajstić information content (AvgIpc) is 2.41. The molecule has 0 aliphatic carbocycles. The Labute approximate surface area is 109 Å². The van der Waals surface area contributed by atoms with E-state index in [1.165, 1.54) is 12.3 Å². The third-order valence-corrected chi connectivity index (χ3v) is 2.42. The summed E-state index contributed by atoms with van der Waals surface area (Å²) in [5.41, 5.74) is 6.50. The van der Waals surface area contributed by atoms with Crippen molar-refractivity contribution in [2.75, 3.05) is 5.73 Å². The Morgan fingerprint density at radius 3 is 2.79 bits per heavy atom. The van der Waals surface area contributed by atoms with E-state index in [2.05, 4.69) is 4.98 Å². The fourth-order valence-electron chi connectivity index (χ4n) is 1.49. The van der Waals surface area contributed by atoms with Gasteiger partial charge >= 0.3 is 5.97 Å². The topological polar surface area (TPSA) is 106 Å². The summed E-state index contributed by atoms with van der Waals surface area (Å²) in [5, 5.41) is 17.8. The molecule has 19 heavy (non-hydrogen) atoms. The van der Waals surface area contributed by atoms with Crippen molar-refractivity contribution in [1.29, 1.82) is 0 Å². The van der Waals surface area contributed by atoms with Crippen LogP contribution in [0.2, 0.25) is 0 Å². The normalized spacial score (nSPS) is 10.2. The number of aromatic nitrogens is 1. The number of aliphatic hydroxyl groups excluding tert-OH is 1. The first-order valence-corrected chi connectivity index (χ1v) is 5.46. The Morgan fingerprint density at radius 1 is 1.37 bits per heavy atom. The van der Waals surface area contributed by atoms with Gasteiger partial charge in [-0.15, -0.1) is 0 Å². The molecule has 2 rings (SSSR count). The molecule has 0 amide bonds. The number of hydrogen-bond acceptors (Lipinski definition) is 5. The van der Waals surface area contributed by atoms with Crippen LogP contribution in [0, 0.1) is 0 Å². The summed E-state index contributed by atoms with van der Waals surface area (Å²) in [6.07, 6.45) is 1.17. The molecule has 0 spiro atoms. The highest BCUT2D eigenvalue weighted by atomic mass is 16.5. The fraction of sp³-hybridized carbons (Fsp3) is 0.0769. The van der Waals surface area contributed by atoms with Gasteiger partial charge in [0.15, 0.2) is 0 Å². The molecule has 6 heteroatoms. The standard InChI is InChI=1S/C13H12N2O4/c14-11-5-9(13(17)18)6-15-12(11)19-10-3-1-2-8(4-10)7-16/h1-6,16H,7,14H2,(H,17,18). The molecule has 0 radical (unpaired) electrons. The van der Waals surface area contributed by atoms with E-state index < -0.39 is 5.97 Å². The van der Waals surface area contributed by atoms with E-state index >= 15 is 0 Å². The summed E-state index contributed by atoms with van der Waals surface area (Å²) >= 11 is 0. The van der Waals surface area contributed by atoms with Crippen molar-refractivity contribution < 1.29 is 19.7 Å². The van der Waals surface area contributed by atoms with E-state index in [0.717, 1.165) is 0 Å². The molecule has 0 unspecified atom stereocenters. The van der Waals surface area contributed by atoms with Crippen LogP contribution in [-0.4, -0.2) is 21.2 Å². The molecular formula is C13H12N2O4. The number of nitrogens with two attached hydrogens (primary N) is 1. The molecule has 2 aromatic rings. The van der Waals surface area contributed by atoms with Crippen LogP contribution in [0.5, 0.6) is 11.6 Å². The van der Waals surface area contributed by atoms with Gasteiger partial charge in [0.05, 0.1) is 17.9 Å². The van der Waals surface area contributed by atoms with Gasteiger partial charge in [0, 0.05) is 6.20 Å². The lowest BCUT2D eigenvalue weighted by molar-refractivity contribution is 0.0696. The molecule has 0 aliphatic heterocycles. The summed E-state index contributed by atoms with van der Waals surface area (Å²) in [4.78, 5) is 14.6. The van der Waals surface area contributed by atoms with Gasteiger partial charge in [-0.3, -0.25) is 0 Å². The average molecular weight is 260 g/mol. The number of benzene rings is 1.